The van der Waals surface area contributed by atoms with Crippen molar-refractivity contribution in [3.05, 3.63) is 39.9 Å². The lowest BCUT2D eigenvalue weighted by Crippen LogP contribution is -2.07. The maximum absolute atomic E-state index is 13.9. The van der Waals surface area contributed by atoms with Gasteiger partial charge in [0.25, 0.3) is 0 Å². The van der Waals surface area contributed by atoms with Gasteiger partial charge >= 0.3 is 0 Å². The largest absolute Gasteiger partial charge is 0.378 e. The van der Waals surface area contributed by atoms with Crippen LogP contribution >= 0.6 is 23.4 Å². The number of nitrogens with two attached hydrogens (primary N) is 1. The van der Waals surface area contributed by atoms with Crippen molar-refractivity contribution in [1.29, 1.82) is 0 Å². The van der Waals surface area contributed by atoms with E-state index in [0.29, 0.717) is 16.8 Å². The number of hydrogen-bond donors (Lipinski definition) is 1. The van der Waals surface area contributed by atoms with Gasteiger partial charge in [0.15, 0.2) is 16.8 Å². The molecule has 2 nitrogen and oxygen atoms in total. The highest BCUT2D eigenvalue weighted by atomic mass is 35.5. The Morgan fingerprint density at radius 2 is 2.17 bits per heavy atom. The van der Waals surface area contributed by atoms with Gasteiger partial charge in [-0.2, -0.15) is 0 Å². The quantitative estimate of drug-likeness (QED) is 0.804. The molecule has 1 aliphatic heterocycles. The fourth-order valence-corrected chi connectivity index (χ4v) is 3.10. The van der Waals surface area contributed by atoms with Crippen LogP contribution in [0.5, 0.6) is 0 Å². The van der Waals surface area contributed by atoms with E-state index < -0.39 is 11.6 Å². The van der Waals surface area contributed by atoms with Crippen molar-refractivity contribution in [3.8, 4) is 0 Å². The second-order valence-electron chi connectivity index (χ2n) is 4.25. The first-order chi connectivity index (χ1) is 8.58. The summed E-state index contributed by atoms with van der Waals surface area (Å²) in [6.45, 7) is 0. The number of nitrogens with zero attached hydrogens (tertiary/aromatic N) is 1. The normalized spacial score (nSPS) is 22.4. The van der Waals surface area contributed by atoms with Gasteiger partial charge in [0.05, 0.1) is 16.3 Å². The third-order valence-corrected chi connectivity index (χ3v) is 4.31. The summed E-state index contributed by atoms with van der Waals surface area (Å²) in [5.74, 6) is -0.694. The average Bonchev–Trinajstić information content (AvgIpc) is 3.09. The molecule has 2 N–H and O–H groups in total. The van der Waals surface area contributed by atoms with E-state index in [1.807, 2.05) is 0 Å². The molecular weight excluding hydrogens is 278 g/mol. The zero-order chi connectivity index (χ0) is 12.9. The van der Waals surface area contributed by atoms with E-state index in [9.17, 15) is 8.78 Å². The Kier molecular flexibility index (Phi) is 2.83. The molecule has 0 saturated heterocycles. The van der Waals surface area contributed by atoms with E-state index >= 15 is 0 Å². The van der Waals surface area contributed by atoms with Crippen molar-refractivity contribution < 1.29 is 8.78 Å². The summed E-state index contributed by atoms with van der Waals surface area (Å²) < 4.78 is 27.2. The molecule has 1 atom stereocenters. The highest BCUT2D eigenvalue weighted by Gasteiger charge is 2.37. The van der Waals surface area contributed by atoms with Gasteiger partial charge in [0.2, 0.25) is 0 Å². The van der Waals surface area contributed by atoms with E-state index in [1.165, 1.54) is 17.8 Å². The van der Waals surface area contributed by atoms with Gasteiger partial charge in [-0.25, -0.2) is 13.8 Å². The summed E-state index contributed by atoms with van der Waals surface area (Å²) in [5.41, 5.74) is 7.15. The van der Waals surface area contributed by atoms with Crippen LogP contribution < -0.4 is 5.73 Å². The Hall–Kier alpha value is -1.07. The van der Waals surface area contributed by atoms with Crippen LogP contribution in [0.15, 0.2) is 22.7 Å². The van der Waals surface area contributed by atoms with Gasteiger partial charge in [-0.1, -0.05) is 23.4 Å². The number of hydrogen-bond acceptors (Lipinski definition) is 3. The summed E-state index contributed by atoms with van der Waals surface area (Å²) in [6, 6.07) is 2.35. The van der Waals surface area contributed by atoms with Gasteiger partial charge in [-0.05, 0) is 30.0 Å². The molecule has 1 fully saturated rings. The van der Waals surface area contributed by atoms with Crippen LogP contribution in [0.3, 0.4) is 0 Å². The number of aliphatic imine (C=N–C) groups is 1. The smallest absolute Gasteiger partial charge is 0.169 e. The molecule has 0 amide bonds. The van der Waals surface area contributed by atoms with Crippen LogP contribution in [0.25, 0.3) is 5.70 Å². The van der Waals surface area contributed by atoms with Gasteiger partial charge in [0.1, 0.15) is 0 Å². The third-order valence-electron chi connectivity index (χ3n) is 3.04. The highest BCUT2D eigenvalue weighted by Crippen LogP contribution is 2.49. The second kappa shape index (κ2) is 4.24. The summed E-state index contributed by atoms with van der Waals surface area (Å²) >= 11 is 7.39. The standard InChI is InChI=1S/C12H9ClF2N2S/c13-7-1-2-8(14)10(15)9(7)11-6-3-5(6)4-18-12(16)17-11/h1-2,5H,3-4H2,(H2,16,17). The Balaban J connectivity index is 2.21. The van der Waals surface area contributed by atoms with Crippen molar-refractivity contribution in [1.82, 2.24) is 0 Å². The number of halogens is 3. The summed E-state index contributed by atoms with van der Waals surface area (Å²) in [6.07, 6.45) is 0.853. The fraction of sp³-hybridized carbons (Fsp3) is 0.250. The predicted octanol–water partition coefficient (Wildman–Crippen LogP) is 3.41. The van der Waals surface area contributed by atoms with Crippen molar-refractivity contribution in [2.45, 2.75) is 6.42 Å². The first-order valence-electron chi connectivity index (χ1n) is 5.42. The Bertz CT molecular complexity index is 598. The van der Waals surface area contributed by atoms with Crippen LogP contribution in [0.2, 0.25) is 5.02 Å². The molecule has 1 aliphatic carbocycles. The van der Waals surface area contributed by atoms with Crippen molar-refractivity contribution in [2.75, 3.05) is 5.75 Å². The van der Waals surface area contributed by atoms with E-state index in [1.54, 1.807) is 0 Å². The molecule has 1 aromatic carbocycles. The molecule has 0 radical (unpaired) electrons. The Morgan fingerprint density at radius 3 is 2.94 bits per heavy atom. The lowest BCUT2D eigenvalue weighted by molar-refractivity contribution is 0.506. The Morgan fingerprint density at radius 1 is 1.39 bits per heavy atom. The first-order valence-corrected chi connectivity index (χ1v) is 6.78. The first kappa shape index (κ1) is 12.0. The predicted molar refractivity (Wildman–Crippen MR) is 70.5 cm³/mol. The summed E-state index contributed by atoms with van der Waals surface area (Å²) in [7, 11) is 0. The molecule has 1 unspecified atom stereocenters. The molecule has 0 aromatic heterocycles. The van der Waals surface area contributed by atoms with Crippen molar-refractivity contribution >= 4 is 34.2 Å². The van der Waals surface area contributed by atoms with Crippen LogP contribution in [0, 0.1) is 17.6 Å². The molecule has 1 aromatic rings. The second-order valence-corrected chi connectivity index (χ2v) is 5.70. The van der Waals surface area contributed by atoms with Crippen LogP contribution in [-0.2, 0) is 0 Å². The minimum Gasteiger partial charge on any atom is -0.378 e. The van der Waals surface area contributed by atoms with Crippen LogP contribution in [0.1, 0.15) is 12.0 Å². The number of amidine groups is 1. The number of thioether (sulfide) groups is 1. The van der Waals surface area contributed by atoms with Crippen molar-refractivity contribution in [2.24, 2.45) is 16.6 Å². The lowest BCUT2D eigenvalue weighted by atomic mass is 10.1. The molecule has 94 valence electrons. The zero-order valence-electron chi connectivity index (χ0n) is 9.21. The van der Waals surface area contributed by atoms with E-state index in [2.05, 4.69) is 4.99 Å². The van der Waals surface area contributed by atoms with Crippen molar-refractivity contribution in [3.63, 3.8) is 0 Å². The molecule has 3 rings (SSSR count). The van der Waals surface area contributed by atoms with E-state index in [4.69, 9.17) is 17.3 Å². The number of benzene rings is 1. The van der Waals surface area contributed by atoms with Gasteiger partial charge < -0.3 is 5.73 Å². The van der Waals surface area contributed by atoms with Crippen LogP contribution in [0.4, 0.5) is 8.78 Å². The molecular formula is C12H9ClF2N2S. The monoisotopic (exact) mass is 286 g/mol. The molecule has 6 heteroatoms. The highest BCUT2D eigenvalue weighted by molar-refractivity contribution is 8.13. The number of fused-ring (bicyclic) bond motifs is 1. The minimum absolute atomic E-state index is 0.0274. The Labute approximate surface area is 112 Å². The van der Waals surface area contributed by atoms with Gasteiger partial charge in [-0.3, -0.25) is 0 Å². The molecule has 0 spiro atoms. The average molecular weight is 287 g/mol. The third kappa shape index (κ3) is 1.91. The van der Waals surface area contributed by atoms with Crippen LogP contribution in [-0.4, -0.2) is 10.9 Å². The zero-order valence-corrected chi connectivity index (χ0v) is 10.8. The number of rotatable bonds is 1. The molecule has 1 heterocycles. The topological polar surface area (TPSA) is 38.4 Å². The molecule has 1 saturated carbocycles. The van der Waals surface area contributed by atoms with E-state index in [-0.39, 0.29) is 10.6 Å². The summed E-state index contributed by atoms with van der Waals surface area (Å²) in [5, 5.41) is 0.523. The van der Waals surface area contributed by atoms with E-state index in [0.717, 1.165) is 23.8 Å². The molecule has 18 heavy (non-hydrogen) atoms. The summed E-state index contributed by atoms with van der Waals surface area (Å²) in [4.78, 5) is 4.18. The minimum atomic E-state index is -0.959. The molecule has 0 bridgehead atoms. The lowest BCUT2D eigenvalue weighted by Gasteiger charge is -2.07. The SMILES string of the molecule is NC1=NC(c2c(Cl)ccc(F)c2F)=C2CC2CS1. The maximum Gasteiger partial charge on any atom is 0.169 e. The number of allylic oxidation sites excluding steroid dienone is 1. The van der Waals surface area contributed by atoms with Gasteiger partial charge in [-0.15, -0.1) is 0 Å². The van der Waals surface area contributed by atoms with Gasteiger partial charge in [0, 0.05) is 5.75 Å². The maximum atomic E-state index is 13.9. The fourth-order valence-electron chi connectivity index (χ4n) is 2.02. The molecule has 2 aliphatic rings.